The number of phosphoric ester groups is 5. The summed E-state index contributed by atoms with van der Waals surface area (Å²) in [6, 6.07) is 0. The molecule has 0 aromatic carbocycles. The molecule has 0 aliphatic carbocycles. The number of halogens is 1. The largest absolute Gasteiger partial charge is 0.473 e. The second kappa shape index (κ2) is 26.0. The number of phosphoric acid groups is 5. The van der Waals surface area contributed by atoms with Crippen molar-refractivity contribution in [1.82, 2.24) is 5.54 Å². The Bertz CT molecular complexity index is 1140. The van der Waals surface area contributed by atoms with Crippen molar-refractivity contribution in [2.75, 3.05) is 58.2 Å². The normalized spacial score (nSPS) is 19.3. The fourth-order valence-corrected chi connectivity index (χ4v) is 8.22. The van der Waals surface area contributed by atoms with Crippen LogP contribution < -0.4 is 5.54 Å². The van der Waals surface area contributed by atoms with E-state index in [1.165, 1.54) is 0 Å². The van der Waals surface area contributed by atoms with Gasteiger partial charge in [-0.2, -0.15) is 0 Å². The zero-order valence-corrected chi connectivity index (χ0v) is 32.2. The molecule has 7 unspecified atom stereocenters. The van der Waals surface area contributed by atoms with E-state index in [1.807, 2.05) is 0 Å². The maximum atomic E-state index is 12.4. The average Bonchev–Trinajstić information content (AvgIpc) is 2.97. The summed E-state index contributed by atoms with van der Waals surface area (Å²) in [5.41, 5.74) is 1.10. The summed E-state index contributed by atoms with van der Waals surface area (Å²) in [6.07, 6.45) is -3.48. The Morgan fingerprint density at radius 3 is 1.53 bits per heavy atom. The van der Waals surface area contributed by atoms with Gasteiger partial charge >= 0.3 is 39.1 Å². The summed E-state index contributed by atoms with van der Waals surface area (Å²) in [4.78, 5) is 57.6. The van der Waals surface area contributed by atoms with Crippen LogP contribution in [0.3, 0.4) is 0 Å². The molecule has 296 valence electrons. The molecule has 0 rings (SSSR count). The molecule has 0 aromatic heterocycles. The van der Waals surface area contributed by atoms with E-state index in [4.69, 9.17) is 33.0 Å². The molecule has 0 saturated carbocycles. The first-order chi connectivity index (χ1) is 22.7. The fraction of sp³-hybridized carbons (Fsp3) is 1.00. The van der Waals surface area contributed by atoms with Gasteiger partial charge in [0.2, 0.25) is 0 Å². The average molecular weight is 864 g/mol. The number of aliphatic hydroxyl groups is 1. The summed E-state index contributed by atoms with van der Waals surface area (Å²) < 4.78 is 119. The van der Waals surface area contributed by atoms with Crippen LogP contribution in [0.2, 0.25) is 0 Å². The number of ether oxygens (including phenoxy) is 1. The van der Waals surface area contributed by atoms with Gasteiger partial charge in [-0.25, -0.2) is 22.8 Å². The molecular formula is C18H43FNO22P5S2. The Kier molecular flexibility index (Phi) is 26.5. The van der Waals surface area contributed by atoms with Gasteiger partial charge in [-0.1, -0.05) is 48.3 Å². The van der Waals surface area contributed by atoms with E-state index in [1.54, 1.807) is 13.8 Å². The molecule has 31 heteroatoms. The number of hydrogen-bond acceptors (Lipinski definition) is 19. The molecule has 0 saturated heterocycles. The zero-order chi connectivity index (χ0) is 37.6. The molecule has 8 N–H and O–H groups in total. The summed E-state index contributed by atoms with van der Waals surface area (Å²) in [6.45, 7) is -2.13. The highest BCUT2D eigenvalue weighted by molar-refractivity contribution is 8.76. The second-order valence-electron chi connectivity index (χ2n) is 8.94. The van der Waals surface area contributed by atoms with E-state index < -0.39 is 104 Å². The third kappa shape index (κ3) is 29.1. The standard InChI is InChI=1S/C18H43FNO22P5S2/c1-3-5-16(11-37-45(27,28)39-15-49-48-14-21)41-46(29,30)35-8-7-34-44(25,26)36-10-17(6-4-2)42-47(31,32)38-12-18(9-33-13-20-19)40-43(22,23)24/h16-18,20-21H,3-15H2,1-2H3,(H,25,26)(H,27,28)(H,29,30)(H,31,32)(H2,22,23,24). The first kappa shape index (κ1) is 50.1. The van der Waals surface area contributed by atoms with Crippen LogP contribution in [-0.2, 0) is 68.3 Å². The SMILES string of the molecule is CCCC(COP(=O)(O)OCSSCO)OP(=O)(O)OCCOP(=O)(O)OCC(CCC)OP(=O)(O)OCC(COCNF)OP(=O)(O)O. The molecule has 0 bridgehead atoms. The summed E-state index contributed by atoms with van der Waals surface area (Å²) in [5, 5.41) is 8.68. The topological polar surface area (TPSA) is 331 Å². The third-order valence-electron chi connectivity index (χ3n) is 4.80. The Morgan fingerprint density at radius 2 is 1.06 bits per heavy atom. The summed E-state index contributed by atoms with van der Waals surface area (Å²) in [5.74, 6) is -0.565. The van der Waals surface area contributed by atoms with Crippen LogP contribution in [0.25, 0.3) is 0 Å². The van der Waals surface area contributed by atoms with Crippen molar-refractivity contribution >= 4 is 60.7 Å². The van der Waals surface area contributed by atoms with Crippen LogP contribution in [0.5, 0.6) is 0 Å². The predicted octanol–water partition coefficient (Wildman–Crippen LogP) is 3.07. The van der Waals surface area contributed by atoms with Crippen LogP contribution in [0, 0.1) is 0 Å². The molecule has 49 heavy (non-hydrogen) atoms. The highest BCUT2D eigenvalue weighted by atomic mass is 33.1. The van der Waals surface area contributed by atoms with Crippen molar-refractivity contribution in [2.45, 2.75) is 57.8 Å². The summed E-state index contributed by atoms with van der Waals surface area (Å²) in [7, 11) is -22.6. The Morgan fingerprint density at radius 1 is 0.612 bits per heavy atom. The van der Waals surface area contributed by atoms with Gasteiger partial charge in [0.05, 0.1) is 57.8 Å². The van der Waals surface area contributed by atoms with Crippen LogP contribution in [0.15, 0.2) is 0 Å². The maximum Gasteiger partial charge on any atom is 0.473 e. The molecule has 0 amide bonds. The second-order valence-corrected chi connectivity index (χ2v) is 18.2. The summed E-state index contributed by atoms with van der Waals surface area (Å²) >= 11 is 0. The Labute approximate surface area is 289 Å². The lowest BCUT2D eigenvalue weighted by molar-refractivity contribution is -0.0189. The predicted molar refractivity (Wildman–Crippen MR) is 169 cm³/mol. The van der Waals surface area contributed by atoms with Crippen LogP contribution in [0.4, 0.5) is 4.48 Å². The van der Waals surface area contributed by atoms with E-state index >= 15 is 0 Å². The van der Waals surface area contributed by atoms with Gasteiger partial charge in [-0.05, 0) is 12.8 Å². The van der Waals surface area contributed by atoms with E-state index in [9.17, 15) is 46.9 Å². The molecule has 0 spiro atoms. The first-order valence-corrected chi connectivity index (χ1v) is 23.7. The highest BCUT2D eigenvalue weighted by Crippen LogP contribution is 2.50. The lowest BCUT2D eigenvalue weighted by atomic mass is 10.2. The number of nitrogens with one attached hydrogen (secondary N) is 1. The molecule has 0 fully saturated rings. The minimum Gasteiger partial charge on any atom is -0.385 e. The van der Waals surface area contributed by atoms with Crippen molar-refractivity contribution < 1.29 is 107 Å². The molecule has 0 heterocycles. The zero-order valence-electron chi connectivity index (χ0n) is 26.1. The third-order valence-corrected chi connectivity index (χ3v) is 11.2. The van der Waals surface area contributed by atoms with Crippen molar-refractivity contribution in [2.24, 2.45) is 0 Å². The minimum absolute atomic E-state index is 0.0298. The van der Waals surface area contributed by atoms with Crippen molar-refractivity contribution in [3.63, 3.8) is 0 Å². The van der Waals surface area contributed by atoms with Gasteiger partial charge in [0, 0.05) is 0 Å². The molecule has 0 radical (unpaired) electrons. The number of aliphatic hydroxyl groups excluding tert-OH is 1. The smallest absolute Gasteiger partial charge is 0.385 e. The Balaban J connectivity index is 4.89. The van der Waals surface area contributed by atoms with Crippen molar-refractivity contribution in [1.29, 1.82) is 0 Å². The molecule has 0 aliphatic heterocycles. The molecule has 0 aliphatic rings. The number of rotatable bonds is 33. The monoisotopic (exact) mass is 863 g/mol. The molecule has 0 aromatic rings. The first-order valence-electron chi connectivity index (χ1n) is 13.7. The van der Waals surface area contributed by atoms with Gasteiger partial charge in [0.15, 0.2) is 0 Å². The molecule has 23 nitrogen and oxygen atoms in total. The quantitative estimate of drug-likeness (QED) is 0.0154. The minimum atomic E-state index is -5.12. The van der Waals surface area contributed by atoms with Crippen molar-refractivity contribution in [3.05, 3.63) is 0 Å². The van der Waals surface area contributed by atoms with E-state index in [-0.39, 0.29) is 24.7 Å². The fourth-order valence-electron chi connectivity index (χ4n) is 3.02. The lowest BCUT2D eigenvalue weighted by Crippen LogP contribution is -2.27. The van der Waals surface area contributed by atoms with Gasteiger partial charge < -0.3 is 39.2 Å². The van der Waals surface area contributed by atoms with Crippen LogP contribution in [-0.4, -0.2) is 111 Å². The van der Waals surface area contributed by atoms with Gasteiger partial charge in [-0.15, -0.1) is 10.0 Å². The Hall–Kier alpha value is 1.06. The van der Waals surface area contributed by atoms with Gasteiger partial charge in [0.1, 0.15) is 18.8 Å². The highest BCUT2D eigenvalue weighted by Gasteiger charge is 2.33. The van der Waals surface area contributed by atoms with Gasteiger partial charge in [-0.3, -0.25) is 40.7 Å². The van der Waals surface area contributed by atoms with E-state index in [0.29, 0.717) is 12.8 Å². The maximum absolute atomic E-state index is 12.4. The van der Waals surface area contributed by atoms with Crippen LogP contribution >= 0.6 is 60.7 Å². The van der Waals surface area contributed by atoms with Gasteiger partial charge in [0.25, 0.3) is 0 Å². The van der Waals surface area contributed by atoms with Crippen LogP contribution in [0.1, 0.15) is 39.5 Å². The van der Waals surface area contributed by atoms with E-state index in [2.05, 4.69) is 27.4 Å². The van der Waals surface area contributed by atoms with E-state index in [0.717, 1.165) is 27.1 Å². The number of hydrogen-bond donors (Lipinski definition) is 8. The molecule has 7 atom stereocenters. The lowest BCUT2D eigenvalue weighted by Gasteiger charge is -2.23. The van der Waals surface area contributed by atoms with Crippen molar-refractivity contribution in [3.8, 4) is 0 Å². The molecular weight excluding hydrogens is 820 g/mol.